The second kappa shape index (κ2) is 6.71. The van der Waals surface area contributed by atoms with Gasteiger partial charge < -0.3 is 19.2 Å². The number of carbonyl (C=O) groups is 1. The molecule has 0 unspecified atom stereocenters. The van der Waals surface area contributed by atoms with Gasteiger partial charge in [0.15, 0.2) is 0 Å². The Hall–Kier alpha value is -2.87. The van der Waals surface area contributed by atoms with E-state index in [1.54, 1.807) is 23.6 Å². The maximum absolute atomic E-state index is 12.3. The molecule has 24 heavy (non-hydrogen) atoms. The first-order valence-corrected chi connectivity index (χ1v) is 7.86. The molecule has 1 N–H and O–H groups in total. The van der Waals surface area contributed by atoms with Crippen molar-refractivity contribution in [2.45, 2.75) is 6.61 Å². The van der Waals surface area contributed by atoms with Gasteiger partial charge in [-0.05, 0) is 29.6 Å². The van der Waals surface area contributed by atoms with E-state index in [2.05, 4.69) is 9.97 Å². The van der Waals surface area contributed by atoms with Crippen molar-refractivity contribution in [2.24, 2.45) is 0 Å². The van der Waals surface area contributed by atoms with Crippen LogP contribution in [-0.2, 0) is 11.3 Å². The van der Waals surface area contributed by atoms with Crippen molar-refractivity contribution in [2.75, 3.05) is 14.2 Å². The lowest BCUT2D eigenvalue weighted by atomic mass is 10.2. The second-order valence-corrected chi connectivity index (χ2v) is 5.71. The first-order valence-electron chi connectivity index (χ1n) is 6.98. The van der Waals surface area contributed by atoms with Gasteiger partial charge in [-0.1, -0.05) is 0 Å². The first kappa shape index (κ1) is 16.0. The lowest BCUT2D eigenvalue weighted by molar-refractivity contribution is 0.0458. The topological polar surface area (TPSA) is 90.5 Å². The van der Waals surface area contributed by atoms with Gasteiger partial charge in [0.05, 0.1) is 19.7 Å². The van der Waals surface area contributed by atoms with E-state index < -0.39 is 5.97 Å². The quantitative estimate of drug-likeness (QED) is 0.713. The highest BCUT2D eigenvalue weighted by Gasteiger charge is 2.16. The molecule has 0 saturated heterocycles. The second-order valence-electron chi connectivity index (χ2n) is 4.79. The zero-order chi connectivity index (χ0) is 17.1. The number of ether oxygens (including phenoxy) is 3. The van der Waals surface area contributed by atoms with Gasteiger partial charge in [-0.25, -0.2) is 9.78 Å². The minimum absolute atomic E-state index is 0.153. The Bertz CT molecular complexity index is 947. The van der Waals surface area contributed by atoms with Crippen LogP contribution in [0.5, 0.6) is 11.5 Å². The third kappa shape index (κ3) is 3.09. The average molecular weight is 346 g/mol. The van der Waals surface area contributed by atoms with E-state index in [0.29, 0.717) is 21.7 Å². The van der Waals surface area contributed by atoms with Crippen molar-refractivity contribution in [3.63, 3.8) is 0 Å². The molecular weight excluding hydrogens is 332 g/mol. The number of aromatic nitrogens is 2. The number of hydrogen-bond acceptors (Lipinski definition) is 7. The molecule has 3 aromatic rings. The molecule has 0 aliphatic carbocycles. The number of nitrogens with zero attached hydrogens (tertiary/aromatic N) is 1. The number of thiophene rings is 1. The minimum Gasteiger partial charge on any atom is -0.497 e. The van der Waals surface area contributed by atoms with E-state index in [4.69, 9.17) is 14.2 Å². The number of fused-ring (bicyclic) bond motifs is 1. The molecule has 1 aromatic carbocycles. The number of hydrogen-bond donors (Lipinski definition) is 1. The summed E-state index contributed by atoms with van der Waals surface area (Å²) in [5.74, 6) is 0.560. The summed E-state index contributed by atoms with van der Waals surface area (Å²) in [5, 5.41) is 1.78. The van der Waals surface area contributed by atoms with Gasteiger partial charge in [-0.3, -0.25) is 4.79 Å². The molecule has 0 spiro atoms. The normalized spacial score (nSPS) is 10.6. The van der Waals surface area contributed by atoms with Crippen molar-refractivity contribution in [3.8, 4) is 11.5 Å². The van der Waals surface area contributed by atoms with Crippen molar-refractivity contribution >= 4 is 27.5 Å². The largest absolute Gasteiger partial charge is 0.497 e. The van der Waals surface area contributed by atoms with E-state index in [1.807, 2.05) is 0 Å². The molecule has 2 aromatic heterocycles. The van der Waals surface area contributed by atoms with Crippen LogP contribution in [0, 0.1) is 0 Å². The third-order valence-corrected chi connectivity index (χ3v) is 4.23. The number of aromatic amines is 1. The number of esters is 1. The number of benzene rings is 1. The zero-order valence-corrected chi connectivity index (χ0v) is 13.8. The van der Waals surface area contributed by atoms with E-state index in [0.717, 1.165) is 0 Å². The standard InChI is InChI=1S/C16H14N2O5S/c1-21-9-3-4-12(22-2)10(7-9)16(20)23-8-13-17-11-5-6-24-14(11)15(19)18-13/h3-7H,8H2,1-2H3,(H,17,18,19). The maximum atomic E-state index is 12.3. The Balaban J connectivity index is 1.80. The fourth-order valence-electron chi connectivity index (χ4n) is 2.18. The van der Waals surface area contributed by atoms with Crippen LogP contribution in [0.15, 0.2) is 34.4 Å². The van der Waals surface area contributed by atoms with Crippen LogP contribution >= 0.6 is 11.3 Å². The molecule has 0 fully saturated rings. The summed E-state index contributed by atoms with van der Waals surface area (Å²) < 4.78 is 16.0. The van der Waals surface area contributed by atoms with Crippen molar-refractivity contribution in [1.29, 1.82) is 0 Å². The molecule has 0 amide bonds. The Kier molecular flexibility index (Phi) is 4.48. The summed E-state index contributed by atoms with van der Waals surface area (Å²) in [5.41, 5.74) is 0.560. The minimum atomic E-state index is -0.598. The summed E-state index contributed by atoms with van der Waals surface area (Å²) in [4.78, 5) is 31.1. The molecule has 7 nitrogen and oxygen atoms in total. The van der Waals surface area contributed by atoms with Crippen molar-refractivity contribution in [1.82, 2.24) is 9.97 Å². The fraction of sp³-hybridized carbons (Fsp3) is 0.188. The molecule has 0 radical (unpaired) electrons. The Morgan fingerprint density at radius 3 is 2.83 bits per heavy atom. The van der Waals surface area contributed by atoms with E-state index in [9.17, 15) is 9.59 Å². The monoisotopic (exact) mass is 346 g/mol. The predicted molar refractivity (Wildman–Crippen MR) is 88.9 cm³/mol. The van der Waals surface area contributed by atoms with Crippen LogP contribution in [0.1, 0.15) is 16.2 Å². The van der Waals surface area contributed by atoms with Gasteiger partial charge in [-0.15, -0.1) is 11.3 Å². The summed E-state index contributed by atoms with van der Waals surface area (Å²) in [7, 11) is 2.96. The fourth-order valence-corrected chi connectivity index (χ4v) is 2.90. The van der Waals surface area contributed by atoms with Crippen LogP contribution in [0.25, 0.3) is 10.2 Å². The summed E-state index contributed by atoms with van der Waals surface area (Å²) in [6.45, 7) is -0.153. The number of nitrogens with one attached hydrogen (secondary N) is 1. The SMILES string of the molecule is COc1ccc(OC)c(C(=O)OCc2nc3ccsc3c(=O)[nH]2)c1. The van der Waals surface area contributed by atoms with Crippen LogP contribution in [0.2, 0.25) is 0 Å². The summed E-state index contributed by atoms with van der Waals surface area (Å²) in [6.07, 6.45) is 0. The molecule has 3 rings (SSSR count). The maximum Gasteiger partial charge on any atom is 0.342 e. The molecule has 0 atom stereocenters. The average Bonchev–Trinajstić information content (AvgIpc) is 3.08. The molecule has 8 heteroatoms. The molecule has 0 aliphatic rings. The molecule has 0 bridgehead atoms. The van der Waals surface area contributed by atoms with Crippen LogP contribution in [0.4, 0.5) is 0 Å². The number of rotatable bonds is 5. The van der Waals surface area contributed by atoms with Gasteiger partial charge in [0.2, 0.25) is 0 Å². The number of methoxy groups -OCH3 is 2. The van der Waals surface area contributed by atoms with Gasteiger partial charge in [-0.2, -0.15) is 0 Å². The highest BCUT2D eigenvalue weighted by molar-refractivity contribution is 7.17. The molecule has 124 valence electrons. The van der Waals surface area contributed by atoms with Crippen LogP contribution in [0.3, 0.4) is 0 Å². The van der Waals surface area contributed by atoms with Crippen molar-refractivity contribution in [3.05, 3.63) is 51.4 Å². The highest BCUT2D eigenvalue weighted by Crippen LogP contribution is 2.25. The van der Waals surface area contributed by atoms with Gasteiger partial charge in [0.25, 0.3) is 5.56 Å². The summed E-state index contributed by atoms with van der Waals surface area (Å²) >= 11 is 1.31. The van der Waals surface area contributed by atoms with E-state index in [-0.39, 0.29) is 23.6 Å². The zero-order valence-electron chi connectivity index (χ0n) is 13.0. The predicted octanol–water partition coefficient (Wildman–Crippen LogP) is 2.36. The van der Waals surface area contributed by atoms with E-state index in [1.165, 1.54) is 31.6 Å². The Morgan fingerprint density at radius 1 is 1.25 bits per heavy atom. The molecular formula is C16H14N2O5S. The molecule has 0 aliphatic heterocycles. The van der Waals surface area contributed by atoms with E-state index >= 15 is 0 Å². The van der Waals surface area contributed by atoms with Gasteiger partial charge >= 0.3 is 5.97 Å². The lowest BCUT2D eigenvalue weighted by Crippen LogP contribution is -2.14. The smallest absolute Gasteiger partial charge is 0.342 e. The third-order valence-electron chi connectivity index (χ3n) is 3.33. The van der Waals surface area contributed by atoms with Crippen LogP contribution < -0.4 is 15.0 Å². The number of carbonyl (C=O) groups excluding carboxylic acids is 1. The van der Waals surface area contributed by atoms with Crippen molar-refractivity contribution < 1.29 is 19.0 Å². The Labute approximate surface area is 140 Å². The first-order chi connectivity index (χ1) is 11.6. The van der Waals surface area contributed by atoms with Gasteiger partial charge in [0.1, 0.15) is 34.2 Å². The van der Waals surface area contributed by atoms with Crippen LogP contribution in [-0.4, -0.2) is 30.2 Å². The molecule has 0 saturated carbocycles. The highest BCUT2D eigenvalue weighted by atomic mass is 32.1. The lowest BCUT2D eigenvalue weighted by Gasteiger charge is -2.10. The summed E-state index contributed by atoms with van der Waals surface area (Å²) in [6, 6.07) is 6.57. The molecule has 2 heterocycles. The Morgan fingerprint density at radius 2 is 2.08 bits per heavy atom. The number of H-pyrrole nitrogens is 1. The van der Waals surface area contributed by atoms with Gasteiger partial charge in [0, 0.05) is 0 Å².